The van der Waals surface area contributed by atoms with Gasteiger partial charge in [-0.05, 0) is 12.8 Å². The van der Waals surface area contributed by atoms with E-state index in [0.717, 1.165) is 31.0 Å². The fraction of sp³-hybridized carbons (Fsp3) is 0.667. The molecule has 0 bridgehead atoms. The van der Waals surface area contributed by atoms with Crippen molar-refractivity contribution in [3.8, 4) is 0 Å². The summed E-state index contributed by atoms with van der Waals surface area (Å²) in [5.74, 6) is 1.74. The number of rotatable bonds is 3. The highest BCUT2D eigenvalue weighted by molar-refractivity contribution is 5.40. The zero-order chi connectivity index (χ0) is 12.4. The van der Waals surface area contributed by atoms with Crippen molar-refractivity contribution in [1.82, 2.24) is 9.97 Å². The van der Waals surface area contributed by atoms with Crippen molar-refractivity contribution in [1.29, 1.82) is 0 Å². The molecular formula is C12H20N4O. The Labute approximate surface area is 101 Å². The monoisotopic (exact) mass is 236 g/mol. The van der Waals surface area contributed by atoms with Gasteiger partial charge in [0.15, 0.2) is 0 Å². The van der Waals surface area contributed by atoms with Crippen LogP contribution in [0, 0.1) is 0 Å². The van der Waals surface area contributed by atoms with Crippen LogP contribution in [0.25, 0.3) is 0 Å². The highest BCUT2D eigenvalue weighted by Crippen LogP contribution is 2.23. The van der Waals surface area contributed by atoms with Crippen LogP contribution in [0.5, 0.6) is 0 Å². The first-order valence-electron chi connectivity index (χ1n) is 6.19. The third kappa shape index (κ3) is 2.49. The van der Waals surface area contributed by atoms with Crippen molar-refractivity contribution in [3.63, 3.8) is 0 Å². The standard InChI is InChI=1S/C12H20N4O/c1-8(2)12-14-10(6-11(17)15-12)16-5-3-4-9(16)7-13/h6,8-9H,3-5,7,13H2,1-2H3,(H,14,15,17). The molecule has 1 fully saturated rings. The van der Waals surface area contributed by atoms with Crippen molar-refractivity contribution in [2.24, 2.45) is 5.73 Å². The summed E-state index contributed by atoms with van der Waals surface area (Å²) >= 11 is 0. The second-order valence-electron chi connectivity index (χ2n) is 4.87. The maximum atomic E-state index is 11.6. The highest BCUT2D eigenvalue weighted by Gasteiger charge is 2.25. The number of aromatic amines is 1. The molecule has 1 unspecified atom stereocenters. The molecule has 1 aliphatic heterocycles. The number of nitrogens with zero attached hydrogens (tertiary/aromatic N) is 2. The van der Waals surface area contributed by atoms with Gasteiger partial charge >= 0.3 is 0 Å². The van der Waals surface area contributed by atoms with Crippen LogP contribution in [0.4, 0.5) is 5.82 Å². The second-order valence-corrected chi connectivity index (χ2v) is 4.87. The molecule has 1 saturated heterocycles. The Morgan fingerprint density at radius 3 is 3.06 bits per heavy atom. The first-order valence-corrected chi connectivity index (χ1v) is 6.19. The van der Waals surface area contributed by atoms with Crippen LogP contribution < -0.4 is 16.2 Å². The number of aromatic nitrogens is 2. The summed E-state index contributed by atoms with van der Waals surface area (Å²) in [5.41, 5.74) is 5.66. The minimum absolute atomic E-state index is 0.0821. The maximum Gasteiger partial charge on any atom is 0.252 e. The van der Waals surface area contributed by atoms with E-state index in [1.165, 1.54) is 0 Å². The Morgan fingerprint density at radius 1 is 1.65 bits per heavy atom. The number of anilines is 1. The molecule has 5 heteroatoms. The van der Waals surface area contributed by atoms with Gasteiger partial charge in [-0.2, -0.15) is 0 Å². The van der Waals surface area contributed by atoms with Gasteiger partial charge in [0.1, 0.15) is 11.6 Å². The molecule has 17 heavy (non-hydrogen) atoms. The SMILES string of the molecule is CC(C)c1nc(N2CCCC2CN)cc(=O)[nH]1. The molecular weight excluding hydrogens is 216 g/mol. The van der Waals surface area contributed by atoms with Crippen LogP contribution in [0.3, 0.4) is 0 Å². The Kier molecular flexibility index (Phi) is 3.47. The van der Waals surface area contributed by atoms with E-state index in [4.69, 9.17) is 5.73 Å². The average molecular weight is 236 g/mol. The lowest BCUT2D eigenvalue weighted by Gasteiger charge is -2.24. The Hall–Kier alpha value is -1.36. The largest absolute Gasteiger partial charge is 0.352 e. The zero-order valence-electron chi connectivity index (χ0n) is 10.4. The average Bonchev–Trinajstić information content (AvgIpc) is 2.76. The van der Waals surface area contributed by atoms with E-state index in [1.807, 2.05) is 13.8 Å². The molecule has 3 N–H and O–H groups in total. The first kappa shape index (κ1) is 12.1. The molecule has 2 rings (SSSR count). The van der Waals surface area contributed by atoms with Crippen molar-refractivity contribution >= 4 is 5.82 Å². The van der Waals surface area contributed by atoms with E-state index in [2.05, 4.69) is 14.9 Å². The molecule has 1 atom stereocenters. The van der Waals surface area contributed by atoms with Crippen molar-refractivity contribution in [2.75, 3.05) is 18.0 Å². The number of hydrogen-bond donors (Lipinski definition) is 2. The summed E-state index contributed by atoms with van der Waals surface area (Å²) in [7, 11) is 0. The lowest BCUT2D eigenvalue weighted by Crippen LogP contribution is -2.36. The minimum Gasteiger partial charge on any atom is -0.352 e. The Morgan fingerprint density at radius 2 is 2.41 bits per heavy atom. The number of nitrogens with two attached hydrogens (primary N) is 1. The predicted octanol–water partition coefficient (Wildman–Crippen LogP) is 0.821. The van der Waals surface area contributed by atoms with E-state index in [0.29, 0.717) is 12.6 Å². The normalized spacial score (nSPS) is 20.2. The van der Waals surface area contributed by atoms with Gasteiger partial charge in [-0.3, -0.25) is 4.79 Å². The summed E-state index contributed by atoms with van der Waals surface area (Å²) < 4.78 is 0. The Balaban J connectivity index is 2.34. The van der Waals surface area contributed by atoms with E-state index in [-0.39, 0.29) is 11.5 Å². The van der Waals surface area contributed by atoms with Gasteiger partial charge in [-0.15, -0.1) is 0 Å². The summed E-state index contributed by atoms with van der Waals surface area (Å²) in [6.45, 7) is 5.60. The molecule has 2 heterocycles. The lowest BCUT2D eigenvalue weighted by atomic mass is 10.2. The molecule has 1 aromatic rings. The fourth-order valence-corrected chi connectivity index (χ4v) is 2.27. The summed E-state index contributed by atoms with van der Waals surface area (Å²) in [5, 5.41) is 0. The fourth-order valence-electron chi connectivity index (χ4n) is 2.27. The lowest BCUT2D eigenvalue weighted by molar-refractivity contribution is 0.663. The molecule has 0 aliphatic carbocycles. The molecule has 0 saturated carbocycles. The van der Waals surface area contributed by atoms with Gasteiger partial charge in [0.05, 0.1) is 0 Å². The molecule has 5 nitrogen and oxygen atoms in total. The van der Waals surface area contributed by atoms with Crippen LogP contribution in [-0.4, -0.2) is 29.1 Å². The van der Waals surface area contributed by atoms with E-state index >= 15 is 0 Å². The van der Waals surface area contributed by atoms with Gasteiger partial charge < -0.3 is 15.6 Å². The maximum absolute atomic E-state index is 11.6. The van der Waals surface area contributed by atoms with Crippen LogP contribution >= 0.6 is 0 Å². The summed E-state index contributed by atoms with van der Waals surface area (Å²) in [6, 6.07) is 1.89. The van der Waals surface area contributed by atoms with Crippen LogP contribution in [0.1, 0.15) is 38.4 Å². The molecule has 94 valence electrons. The molecule has 1 aliphatic rings. The molecule has 0 radical (unpaired) electrons. The second kappa shape index (κ2) is 4.87. The van der Waals surface area contributed by atoms with E-state index < -0.39 is 0 Å². The molecule has 0 amide bonds. The van der Waals surface area contributed by atoms with E-state index in [1.54, 1.807) is 6.07 Å². The molecule has 1 aromatic heterocycles. The highest BCUT2D eigenvalue weighted by atomic mass is 16.1. The number of H-pyrrole nitrogens is 1. The predicted molar refractivity (Wildman–Crippen MR) is 68.4 cm³/mol. The van der Waals surface area contributed by atoms with Gasteiger partial charge in [-0.25, -0.2) is 4.98 Å². The molecule has 0 aromatic carbocycles. The molecule has 0 spiro atoms. The summed E-state index contributed by atoms with van der Waals surface area (Å²) in [4.78, 5) is 21.1. The Bertz CT molecular complexity index is 440. The van der Waals surface area contributed by atoms with Crippen molar-refractivity contribution < 1.29 is 0 Å². The van der Waals surface area contributed by atoms with Crippen LogP contribution in [0.2, 0.25) is 0 Å². The van der Waals surface area contributed by atoms with Crippen LogP contribution in [0.15, 0.2) is 10.9 Å². The van der Waals surface area contributed by atoms with Gasteiger partial charge in [-0.1, -0.05) is 13.8 Å². The van der Waals surface area contributed by atoms with Crippen LogP contribution in [-0.2, 0) is 0 Å². The quantitative estimate of drug-likeness (QED) is 0.814. The van der Waals surface area contributed by atoms with Crippen molar-refractivity contribution in [3.05, 3.63) is 22.2 Å². The smallest absolute Gasteiger partial charge is 0.252 e. The third-order valence-corrected chi connectivity index (χ3v) is 3.24. The third-order valence-electron chi connectivity index (χ3n) is 3.24. The van der Waals surface area contributed by atoms with Crippen molar-refractivity contribution in [2.45, 2.75) is 38.6 Å². The van der Waals surface area contributed by atoms with E-state index in [9.17, 15) is 4.79 Å². The van der Waals surface area contributed by atoms with Gasteiger partial charge in [0.2, 0.25) is 0 Å². The van der Waals surface area contributed by atoms with Gasteiger partial charge in [0, 0.05) is 31.1 Å². The number of nitrogens with one attached hydrogen (secondary N) is 1. The van der Waals surface area contributed by atoms with Gasteiger partial charge in [0.25, 0.3) is 5.56 Å². The number of hydrogen-bond acceptors (Lipinski definition) is 4. The topological polar surface area (TPSA) is 75.0 Å². The zero-order valence-corrected chi connectivity index (χ0v) is 10.4. The first-order chi connectivity index (χ1) is 8.11. The summed E-state index contributed by atoms with van der Waals surface area (Å²) in [6.07, 6.45) is 2.20. The minimum atomic E-state index is -0.0821.